The first-order chi connectivity index (χ1) is 9.42. The summed E-state index contributed by atoms with van der Waals surface area (Å²) >= 11 is 11.7. The van der Waals surface area contributed by atoms with Gasteiger partial charge in [-0.2, -0.15) is 0 Å². The molecule has 0 amide bonds. The van der Waals surface area contributed by atoms with Gasteiger partial charge in [-0.05, 0) is 30.3 Å². The standard InChI is InChI=1S/C11H10Cl2N4O2S/c12-7-1-3-10(9(13)5-7)17-20(18,19)8-2-4-11(16-14)15-6-8/h1-6,17H,14H2,(H,15,16). The largest absolute Gasteiger partial charge is 0.308 e. The SMILES string of the molecule is NNc1ccc(S(=O)(=O)Nc2ccc(Cl)cc2Cl)cn1. The van der Waals surface area contributed by atoms with Gasteiger partial charge >= 0.3 is 0 Å². The van der Waals surface area contributed by atoms with Gasteiger partial charge in [0.25, 0.3) is 10.0 Å². The molecule has 0 bridgehead atoms. The molecule has 2 rings (SSSR count). The zero-order valence-electron chi connectivity index (χ0n) is 9.97. The fourth-order valence-electron chi connectivity index (χ4n) is 1.40. The lowest BCUT2D eigenvalue weighted by molar-refractivity contribution is 0.601. The van der Waals surface area contributed by atoms with Crippen molar-refractivity contribution in [1.29, 1.82) is 0 Å². The lowest BCUT2D eigenvalue weighted by atomic mass is 10.3. The molecule has 0 unspecified atom stereocenters. The molecule has 1 aromatic carbocycles. The molecule has 2 aromatic rings. The number of hydrogen-bond acceptors (Lipinski definition) is 5. The molecule has 1 aromatic heterocycles. The number of hydrazine groups is 1. The molecule has 0 saturated heterocycles. The lowest BCUT2D eigenvalue weighted by Crippen LogP contribution is -2.14. The number of benzene rings is 1. The van der Waals surface area contributed by atoms with Crippen LogP contribution in [0.1, 0.15) is 0 Å². The number of hydrogen-bond donors (Lipinski definition) is 3. The van der Waals surface area contributed by atoms with Crippen LogP contribution in [0.25, 0.3) is 0 Å². The van der Waals surface area contributed by atoms with Crippen LogP contribution in [0.15, 0.2) is 41.4 Å². The third-order valence-electron chi connectivity index (χ3n) is 2.37. The molecule has 0 aliphatic carbocycles. The highest BCUT2D eigenvalue weighted by molar-refractivity contribution is 7.92. The summed E-state index contributed by atoms with van der Waals surface area (Å²) in [5.41, 5.74) is 2.54. The van der Waals surface area contributed by atoms with E-state index in [1.165, 1.54) is 36.5 Å². The molecular formula is C11H10Cl2N4O2S. The Hall–Kier alpha value is -1.54. The van der Waals surface area contributed by atoms with Gasteiger partial charge in [-0.1, -0.05) is 23.2 Å². The van der Waals surface area contributed by atoms with E-state index < -0.39 is 10.0 Å². The first kappa shape index (κ1) is 14.9. The smallest absolute Gasteiger partial charge is 0.263 e. The number of nitrogens with one attached hydrogen (secondary N) is 2. The minimum Gasteiger partial charge on any atom is -0.308 e. The molecule has 0 aliphatic rings. The number of nitrogens with zero attached hydrogens (tertiary/aromatic N) is 1. The van der Waals surface area contributed by atoms with Gasteiger partial charge < -0.3 is 5.43 Å². The second-order valence-electron chi connectivity index (χ2n) is 3.75. The molecule has 0 saturated carbocycles. The first-order valence-corrected chi connectivity index (χ1v) is 7.57. The summed E-state index contributed by atoms with van der Waals surface area (Å²) in [6, 6.07) is 7.27. The third-order valence-corrected chi connectivity index (χ3v) is 4.27. The number of anilines is 2. The zero-order chi connectivity index (χ0) is 14.8. The summed E-state index contributed by atoms with van der Waals surface area (Å²) in [4.78, 5) is 3.82. The van der Waals surface area contributed by atoms with Crippen molar-refractivity contribution in [2.24, 2.45) is 5.84 Å². The number of aromatic nitrogens is 1. The molecule has 20 heavy (non-hydrogen) atoms. The van der Waals surface area contributed by atoms with Crippen LogP contribution in [-0.4, -0.2) is 13.4 Å². The fourth-order valence-corrected chi connectivity index (χ4v) is 2.94. The molecule has 0 aliphatic heterocycles. The summed E-state index contributed by atoms with van der Waals surface area (Å²) < 4.78 is 26.6. The van der Waals surface area contributed by atoms with Crippen molar-refractivity contribution in [1.82, 2.24) is 4.98 Å². The molecule has 9 heteroatoms. The topological polar surface area (TPSA) is 97.1 Å². The number of nitrogens with two attached hydrogens (primary N) is 1. The van der Waals surface area contributed by atoms with Crippen LogP contribution >= 0.6 is 23.2 Å². The van der Waals surface area contributed by atoms with E-state index in [0.29, 0.717) is 10.8 Å². The van der Waals surface area contributed by atoms with Crippen LogP contribution in [0.4, 0.5) is 11.5 Å². The Morgan fingerprint density at radius 1 is 1.15 bits per heavy atom. The minimum absolute atomic E-state index is 0.0116. The van der Waals surface area contributed by atoms with Crippen molar-refractivity contribution in [3.05, 3.63) is 46.6 Å². The number of sulfonamides is 1. The van der Waals surface area contributed by atoms with Crippen LogP contribution in [0, 0.1) is 0 Å². The van der Waals surface area contributed by atoms with Crippen molar-refractivity contribution in [3.8, 4) is 0 Å². The van der Waals surface area contributed by atoms with Crippen LogP contribution in [0.2, 0.25) is 10.0 Å². The van der Waals surface area contributed by atoms with E-state index in [2.05, 4.69) is 15.1 Å². The first-order valence-electron chi connectivity index (χ1n) is 5.33. The van der Waals surface area contributed by atoms with Crippen molar-refractivity contribution in [2.45, 2.75) is 4.90 Å². The highest BCUT2D eigenvalue weighted by Gasteiger charge is 2.16. The Morgan fingerprint density at radius 2 is 1.90 bits per heavy atom. The second kappa shape index (κ2) is 5.84. The summed E-state index contributed by atoms with van der Waals surface area (Å²) in [5, 5.41) is 0.618. The Labute approximate surface area is 125 Å². The second-order valence-corrected chi connectivity index (χ2v) is 6.28. The maximum absolute atomic E-state index is 12.1. The Bertz CT molecular complexity index is 720. The number of nitrogen functional groups attached to an aromatic ring is 1. The monoisotopic (exact) mass is 332 g/mol. The maximum atomic E-state index is 12.1. The average Bonchev–Trinajstić information content (AvgIpc) is 2.42. The minimum atomic E-state index is -3.78. The highest BCUT2D eigenvalue weighted by Crippen LogP contribution is 2.27. The molecule has 6 nitrogen and oxygen atoms in total. The highest BCUT2D eigenvalue weighted by atomic mass is 35.5. The fraction of sp³-hybridized carbons (Fsp3) is 0. The zero-order valence-corrected chi connectivity index (χ0v) is 12.3. The number of rotatable bonds is 4. The molecule has 0 fully saturated rings. The van der Waals surface area contributed by atoms with Gasteiger partial charge in [0.05, 0.1) is 10.7 Å². The van der Waals surface area contributed by atoms with Gasteiger partial charge in [-0.3, -0.25) is 4.72 Å². The molecular weight excluding hydrogens is 323 g/mol. The molecule has 0 atom stereocenters. The normalized spacial score (nSPS) is 11.2. The predicted octanol–water partition coefficient (Wildman–Crippen LogP) is 2.47. The summed E-state index contributed by atoms with van der Waals surface area (Å²) in [5.74, 6) is 5.51. The van der Waals surface area contributed by atoms with Crippen LogP contribution < -0.4 is 16.0 Å². The van der Waals surface area contributed by atoms with Gasteiger partial charge in [0.15, 0.2) is 0 Å². The van der Waals surface area contributed by atoms with Crippen molar-refractivity contribution < 1.29 is 8.42 Å². The van der Waals surface area contributed by atoms with E-state index in [4.69, 9.17) is 29.0 Å². The Morgan fingerprint density at radius 3 is 2.45 bits per heavy atom. The van der Waals surface area contributed by atoms with Crippen molar-refractivity contribution >= 4 is 44.7 Å². The molecule has 0 radical (unpaired) electrons. The van der Waals surface area contributed by atoms with E-state index in [-0.39, 0.29) is 15.6 Å². The van der Waals surface area contributed by atoms with Gasteiger partial charge in [-0.15, -0.1) is 0 Å². The van der Waals surface area contributed by atoms with E-state index >= 15 is 0 Å². The van der Waals surface area contributed by atoms with E-state index in [1.807, 2.05) is 0 Å². The van der Waals surface area contributed by atoms with Gasteiger partial charge in [0.2, 0.25) is 0 Å². The quantitative estimate of drug-likeness (QED) is 0.590. The van der Waals surface area contributed by atoms with Crippen molar-refractivity contribution in [3.63, 3.8) is 0 Å². The van der Waals surface area contributed by atoms with Crippen LogP contribution in [0.3, 0.4) is 0 Å². The van der Waals surface area contributed by atoms with Gasteiger partial charge in [0, 0.05) is 11.2 Å². The van der Waals surface area contributed by atoms with Crippen molar-refractivity contribution in [2.75, 3.05) is 10.1 Å². The Kier molecular flexibility index (Phi) is 4.34. The van der Waals surface area contributed by atoms with E-state index in [1.54, 1.807) is 0 Å². The maximum Gasteiger partial charge on any atom is 0.263 e. The summed E-state index contributed by atoms with van der Waals surface area (Å²) in [6.07, 6.45) is 1.18. The molecule has 4 N–H and O–H groups in total. The van der Waals surface area contributed by atoms with Crippen LogP contribution in [0.5, 0.6) is 0 Å². The predicted molar refractivity (Wildman–Crippen MR) is 79.3 cm³/mol. The van der Waals surface area contributed by atoms with Gasteiger partial charge in [0.1, 0.15) is 10.7 Å². The average molecular weight is 333 g/mol. The Balaban J connectivity index is 2.30. The number of halogens is 2. The summed E-state index contributed by atoms with van der Waals surface area (Å²) in [6.45, 7) is 0. The molecule has 106 valence electrons. The summed E-state index contributed by atoms with van der Waals surface area (Å²) in [7, 11) is -3.78. The van der Waals surface area contributed by atoms with Crippen LogP contribution in [-0.2, 0) is 10.0 Å². The van der Waals surface area contributed by atoms with E-state index in [9.17, 15) is 8.42 Å². The molecule has 0 spiro atoms. The van der Waals surface area contributed by atoms with Gasteiger partial charge in [-0.25, -0.2) is 19.2 Å². The lowest BCUT2D eigenvalue weighted by Gasteiger charge is -2.10. The number of pyridine rings is 1. The molecule has 1 heterocycles. The third kappa shape index (κ3) is 3.31. The van der Waals surface area contributed by atoms with E-state index in [0.717, 1.165) is 0 Å².